The molecule has 2 N–H and O–H groups in total. The fraction of sp³-hybridized carbons (Fsp3) is 0.0769. The first-order valence-electron chi connectivity index (χ1n) is 10.0. The maximum absolute atomic E-state index is 12.9. The lowest BCUT2D eigenvalue weighted by Gasteiger charge is -2.28. The zero-order valence-corrected chi connectivity index (χ0v) is 17.6. The molecular weight excluding hydrogens is 420 g/mol. The van der Waals surface area contributed by atoms with E-state index in [0.29, 0.717) is 22.3 Å². The molecule has 0 fully saturated rings. The van der Waals surface area contributed by atoms with Crippen LogP contribution in [0.15, 0.2) is 110 Å². The number of aromatic nitrogens is 2. The lowest BCUT2D eigenvalue weighted by molar-refractivity contribution is -0.0388. The van der Waals surface area contributed by atoms with Crippen molar-refractivity contribution in [2.24, 2.45) is 0 Å². The van der Waals surface area contributed by atoms with Gasteiger partial charge in [0.05, 0.1) is 11.1 Å². The molecule has 0 aliphatic rings. The normalized spacial score (nSPS) is 12.0. The first-order chi connectivity index (χ1) is 15.7. The minimum absolute atomic E-state index is 0. The maximum atomic E-state index is 12.9. The number of carbonyl (C=O) groups excluding carboxylic acids is 2. The molecule has 7 heteroatoms. The summed E-state index contributed by atoms with van der Waals surface area (Å²) < 4.78 is 11.8. The smallest absolute Gasteiger partial charge is 0.338 e. The zero-order chi connectivity index (χ0) is 22.2. The molecule has 7 nitrogen and oxygen atoms in total. The van der Waals surface area contributed by atoms with Crippen LogP contribution < -0.4 is 0 Å². The second-order valence-electron chi connectivity index (χ2n) is 6.94. The minimum Gasteiger partial charge on any atom is -0.450 e. The molecular formula is C26H22N2O5. The highest BCUT2D eigenvalue weighted by molar-refractivity contribution is 5.90. The van der Waals surface area contributed by atoms with Crippen LogP contribution in [0.3, 0.4) is 0 Å². The maximum Gasteiger partial charge on any atom is 0.338 e. The Bertz CT molecular complexity index is 1060. The van der Waals surface area contributed by atoms with E-state index in [1.807, 2.05) is 60.7 Å². The number of nitrogens with zero attached hydrogens (tertiary/aromatic N) is 2. The van der Waals surface area contributed by atoms with E-state index < -0.39 is 24.1 Å². The molecule has 0 amide bonds. The molecule has 2 aromatic heterocycles. The van der Waals surface area contributed by atoms with Gasteiger partial charge in [-0.25, -0.2) is 9.59 Å². The van der Waals surface area contributed by atoms with Crippen LogP contribution in [0.1, 0.15) is 44.1 Å². The van der Waals surface area contributed by atoms with E-state index in [0.717, 1.165) is 0 Å². The first kappa shape index (κ1) is 23.3. The lowest BCUT2D eigenvalue weighted by atomic mass is 9.97. The SMILES string of the molecule is O.O=C(O[C@H](c1ccccc1)[C@H](OC(=O)c1ccncc1)c1ccccc1)c1ccncc1. The van der Waals surface area contributed by atoms with Crippen molar-refractivity contribution in [1.29, 1.82) is 0 Å². The van der Waals surface area contributed by atoms with E-state index in [9.17, 15) is 9.59 Å². The summed E-state index contributed by atoms with van der Waals surface area (Å²) in [6.45, 7) is 0. The standard InChI is InChI=1S/C26H20N2O4.H2O/c29-25(21-11-15-27-16-12-21)31-23(19-7-3-1-4-8-19)24(20-9-5-2-6-10-20)32-26(30)22-13-17-28-18-14-22;/h1-18,23-24H;1H2/t23-,24-;/m1./s1. The molecule has 0 radical (unpaired) electrons. The number of ether oxygens (including phenoxy) is 2. The molecule has 0 spiro atoms. The summed E-state index contributed by atoms with van der Waals surface area (Å²) in [6, 6.07) is 24.7. The Hall–Kier alpha value is -4.36. The van der Waals surface area contributed by atoms with Crippen molar-refractivity contribution in [3.8, 4) is 0 Å². The summed E-state index contributed by atoms with van der Waals surface area (Å²) >= 11 is 0. The second-order valence-corrected chi connectivity index (χ2v) is 6.94. The summed E-state index contributed by atoms with van der Waals surface area (Å²) in [5.41, 5.74) is 2.11. The average molecular weight is 442 g/mol. The molecule has 33 heavy (non-hydrogen) atoms. The van der Waals surface area contributed by atoms with Gasteiger partial charge < -0.3 is 14.9 Å². The van der Waals surface area contributed by atoms with E-state index in [4.69, 9.17) is 9.47 Å². The molecule has 4 aromatic rings. The first-order valence-corrected chi connectivity index (χ1v) is 10.0. The third-order valence-electron chi connectivity index (χ3n) is 4.83. The van der Waals surface area contributed by atoms with Gasteiger partial charge in [0.2, 0.25) is 0 Å². The third kappa shape index (κ3) is 5.87. The average Bonchev–Trinajstić information content (AvgIpc) is 2.88. The third-order valence-corrected chi connectivity index (χ3v) is 4.83. The van der Waals surface area contributed by atoms with Crippen LogP contribution in [0.4, 0.5) is 0 Å². The fourth-order valence-corrected chi connectivity index (χ4v) is 3.24. The van der Waals surface area contributed by atoms with Crippen molar-refractivity contribution < 1.29 is 24.5 Å². The molecule has 0 saturated heterocycles. The number of carbonyl (C=O) groups is 2. The predicted octanol–water partition coefficient (Wildman–Crippen LogP) is 4.15. The van der Waals surface area contributed by atoms with Crippen LogP contribution in [0, 0.1) is 0 Å². The molecule has 0 unspecified atom stereocenters. The van der Waals surface area contributed by atoms with E-state index in [1.165, 1.54) is 24.8 Å². The van der Waals surface area contributed by atoms with Crippen LogP contribution in [0.2, 0.25) is 0 Å². The van der Waals surface area contributed by atoms with Crippen LogP contribution in [0.25, 0.3) is 0 Å². The quantitative estimate of drug-likeness (QED) is 0.398. The number of pyridine rings is 2. The highest BCUT2D eigenvalue weighted by Gasteiger charge is 2.32. The van der Waals surface area contributed by atoms with Gasteiger partial charge in [0.15, 0.2) is 12.2 Å². The number of rotatable bonds is 7. The Labute approximate surface area is 191 Å². The lowest BCUT2D eigenvalue weighted by Crippen LogP contribution is -2.23. The van der Waals surface area contributed by atoms with Gasteiger partial charge in [-0.3, -0.25) is 9.97 Å². The van der Waals surface area contributed by atoms with Crippen molar-refractivity contribution in [1.82, 2.24) is 9.97 Å². The molecule has 2 atom stereocenters. The van der Waals surface area contributed by atoms with Gasteiger partial charge in [0, 0.05) is 24.8 Å². The Balaban J connectivity index is 0.00000306. The molecule has 0 bridgehead atoms. The van der Waals surface area contributed by atoms with Crippen LogP contribution in [-0.4, -0.2) is 27.4 Å². The Morgan fingerprint density at radius 3 is 1.21 bits per heavy atom. The fourth-order valence-electron chi connectivity index (χ4n) is 3.24. The van der Waals surface area contributed by atoms with Crippen molar-refractivity contribution in [2.75, 3.05) is 0 Å². The van der Waals surface area contributed by atoms with Gasteiger partial charge in [-0.05, 0) is 35.4 Å². The minimum atomic E-state index is -0.870. The predicted molar refractivity (Wildman–Crippen MR) is 121 cm³/mol. The van der Waals surface area contributed by atoms with E-state index in [2.05, 4.69) is 9.97 Å². The second kappa shape index (κ2) is 11.3. The summed E-state index contributed by atoms with van der Waals surface area (Å²) in [5, 5.41) is 0. The van der Waals surface area contributed by atoms with Crippen LogP contribution in [0.5, 0.6) is 0 Å². The van der Waals surface area contributed by atoms with E-state index in [1.54, 1.807) is 24.3 Å². The van der Waals surface area contributed by atoms with Crippen LogP contribution >= 0.6 is 0 Å². The van der Waals surface area contributed by atoms with E-state index >= 15 is 0 Å². The molecule has 2 aromatic carbocycles. The molecule has 0 saturated carbocycles. The number of esters is 2. The summed E-state index contributed by atoms with van der Waals surface area (Å²) in [7, 11) is 0. The summed E-state index contributed by atoms with van der Waals surface area (Å²) in [4.78, 5) is 33.7. The molecule has 166 valence electrons. The highest BCUT2D eigenvalue weighted by atomic mass is 16.6. The number of hydrogen-bond acceptors (Lipinski definition) is 6. The van der Waals surface area contributed by atoms with Crippen molar-refractivity contribution in [3.05, 3.63) is 132 Å². The van der Waals surface area contributed by atoms with Crippen molar-refractivity contribution in [3.63, 3.8) is 0 Å². The Morgan fingerprint density at radius 2 is 0.879 bits per heavy atom. The topological polar surface area (TPSA) is 110 Å². The Kier molecular flexibility index (Phi) is 7.99. The van der Waals surface area contributed by atoms with Crippen molar-refractivity contribution in [2.45, 2.75) is 12.2 Å². The molecule has 0 aliphatic heterocycles. The number of hydrogen-bond donors (Lipinski definition) is 0. The Morgan fingerprint density at radius 1 is 0.545 bits per heavy atom. The summed E-state index contributed by atoms with van der Waals surface area (Å²) in [5.74, 6) is -1.08. The monoisotopic (exact) mass is 442 g/mol. The largest absolute Gasteiger partial charge is 0.450 e. The van der Waals surface area contributed by atoms with Gasteiger partial charge in [0.1, 0.15) is 0 Å². The van der Waals surface area contributed by atoms with Gasteiger partial charge in [-0.2, -0.15) is 0 Å². The molecule has 4 rings (SSSR count). The van der Waals surface area contributed by atoms with Gasteiger partial charge in [-0.1, -0.05) is 60.7 Å². The molecule has 2 heterocycles. The van der Waals surface area contributed by atoms with Crippen LogP contribution in [-0.2, 0) is 9.47 Å². The zero-order valence-electron chi connectivity index (χ0n) is 17.6. The highest BCUT2D eigenvalue weighted by Crippen LogP contribution is 2.36. The van der Waals surface area contributed by atoms with Gasteiger partial charge >= 0.3 is 11.9 Å². The van der Waals surface area contributed by atoms with Gasteiger partial charge in [0.25, 0.3) is 0 Å². The van der Waals surface area contributed by atoms with E-state index in [-0.39, 0.29) is 5.48 Å². The number of benzene rings is 2. The summed E-state index contributed by atoms with van der Waals surface area (Å²) in [6.07, 6.45) is 4.34. The van der Waals surface area contributed by atoms with Gasteiger partial charge in [-0.15, -0.1) is 0 Å². The molecule has 0 aliphatic carbocycles. The van der Waals surface area contributed by atoms with Crippen molar-refractivity contribution >= 4 is 11.9 Å².